The topological polar surface area (TPSA) is 111 Å². The van der Waals surface area contributed by atoms with Crippen molar-refractivity contribution in [3.05, 3.63) is 54.1 Å². The molecule has 0 spiro atoms. The Morgan fingerprint density at radius 2 is 1.73 bits per heavy atom. The molecule has 0 aliphatic rings. The van der Waals surface area contributed by atoms with E-state index in [4.69, 9.17) is 10.5 Å². The molecule has 0 aliphatic heterocycles. The smallest absolute Gasteiger partial charge is 0.261 e. The third-order valence-electron chi connectivity index (χ3n) is 3.65. The fraction of sp³-hybridized carbons (Fsp3) is 0.278. The van der Waals surface area contributed by atoms with Crippen LogP contribution in [0.5, 0.6) is 5.75 Å². The van der Waals surface area contributed by atoms with E-state index in [1.165, 1.54) is 31.4 Å². The number of carbonyl (C=O) groups is 1. The molecular weight excluding hydrogens is 354 g/mol. The molecule has 7 nitrogen and oxygen atoms in total. The first-order valence-corrected chi connectivity index (χ1v) is 9.61. The molecule has 0 bridgehead atoms. The molecule has 26 heavy (non-hydrogen) atoms. The lowest BCUT2D eigenvalue weighted by Crippen LogP contribution is -2.28. The molecule has 0 fully saturated rings. The maximum Gasteiger partial charge on any atom is 0.261 e. The predicted molar refractivity (Wildman–Crippen MR) is 101 cm³/mol. The van der Waals surface area contributed by atoms with Gasteiger partial charge < -0.3 is 15.8 Å². The van der Waals surface area contributed by atoms with Gasteiger partial charge >= 0.3 is 0 Å². The molecule has 0 heterocycles. The molecular formula is C18H23N3O4S. The summed E-state index contributed by atoms with van der Waals surface area (Å²) in [5.74, 6) is 0.366. The first kappa shape index (κ1) is 19.7. The van der Waals surface area contributed by atoms with E-state index >= 15 is 0 Å². The SMILES string of the molecule is COc1ccc(NS(=O)(=O)c2ccc(C(=O)NCCC(C)N)cc2)cc1. The zero-order valence-corrected chi connectivity index (χ0v) is 15.5. The molecule has 1 amide bonds. The van der Waals surface area contributed by atoms with Crippen molar-refractivity contribution in [1.82, 2.24) is 5.32 Å². The number of sulfonamides is 1. The van der Waals surface area contributed by atoms with E-state index in [2.05, 4.69) is 10.0 Å². The van der Waals surface area contributed by atoms with Crippen LogP contribution in [0, 0.1) is 0 Å². The van der Waals surface area contributed by atoms with Crippen molar-refractivity contribution in [3.8, 4) is 5.75 Å². The minimum absolute atomic E-state index is 0.00634. The van der Waals surface area contributed by atoms with E-state index in [-0.39, 0.29) is 16.8 Å². The summed E-state index contributed by atoms with van der Waals surface area (Å²) in [6, 6.07) is 12.3. The second-order valence-corrected chi connectivity index (χ2v) is 7.56. The number of carbonyl (C=O) groups excluding carboxylic acids is 1. The monoisotopic (exact) mass is 377 g/mol. The van der Waals surface area contributed by atoms with Crippen molar-refractivity contribution in [2.45, 2.75) is 24.3 Å². The number of benzene rings is 2. The van der Waals surface area contributed by atoms with Crippen LogP contribution in [-0.4, -0.2) is 34.0 Å². The summed E-state index contributed by atoms with van der Waals surface area (Å²) in [4.78, 5) is 12.1. The molecule has 140 valence electrons. The van der Waals surface area contributed by atoms with Gasteiger partial charge in [-0.05, 0) is 61.9 Å². The molecule has 4 N–H and O–H groups in total. The summed E-state index contributed by atoms with van der Waals surface area (Å²) in [5.41, 5.74) is 6.44. The quantitative estimate of drug-likeness (QED) is 0.651. The Bertz CT molecular complexity index is 832. The van der Waals surface area contributed by atoms with E-state index < -0.39 is 10.0 Å². The number of rotatable bonds is 8. The molecule has 2 rings (SSSR count). The second-order valence-electron chi connectivity index (χ2n) is 5.88. The van der Waals surface area contributed by atoms with Crippen molar-refractivity contribution in [2.75, 3.05) is 18.4 Å². The molecule has 0 saturated heterocycles. The van der Waals surface area contributed by atoms with Crippen LogP contribution in [0.15, 0.2) is 53.4 Å². The normalized spacial score (nSPS) is 12.3. The van der Waals surface area contributed by atoms with Gasteiger partial charge in [-0.15, -0.1) is 0 Å². The molecule has 0 aliphatic carbocycles. The molecule has 2 aromatic carbocycles. The zero-order chi connectivity index (χ0) is 19.2. The summed E-state index contributed by atoms with van der Waals surface area (Å²) >= 11 is 0. The number of anilines is 1. The highest BCUT2D eigenvalue weighted by Gasteiger charge is 2.15. The number of hydrogen-bond donors (Lipinski definition) is 3. The first-order chi connectivity index (χ1) is 12.3. The summed E-state index contributed by atoms with van der Waals surface area (Å²) in [7, 11) is -2.21. The highest BCUT2D eigenvalue weighted by Crippen LogP contribution is 2.19. The average Bonchev–Trinajstić information content (AvgIpc) is 2.62. The van der Waals surface area contributed by atoms with Gasteiger partial charge in [0.05, 0.1) is 12.0 Å². The number of hydrogen-bond acceptors (Lipinski definition) is 5. The van der Waals surface area contributed by atoms with E-state index in [0.29, 0.717) is 30.0 Å². The van der Waals surface area contributed by atoms with Crippen LogP contribution in [0.2, 0.25) is 0 Å². The number of amides is 1. The van der Waals surface area contributed by atoms with Crippen LogP contribution in [-0.2, 0) is 10.0 Å². The van der Waals surface area contributed by atoms with Crippen molar-refractivity contribution in [3.63, 3.8) is 0 Å². The van der Waals surface area contributed by atoms with Gasteiger partial charge in [-0.25, -0.2) is 8.42 Å². The van der Waals surface area contributed by atoms with Crippen molar-refractivity contribution >= 4 is 21.6 Å². The van der Waals surface area contributed by atoms with Gasteiger partial charge in [0.25, 0.3) is 15.9 Å². The van der Waals surface area contributed by atoms with Crippen LogP contribution in [0.25, 0.3) is 0 Å². The Hall–Kier alpha value is -2.58. The van der Waals surface area contributed by atoms with E-state index in [1.54, 1.807) is 24.3 Å². The average molecular weight is 377 g/mol. The molecule has 2 aromatic rings. The number of ether oxygens (including phenoxy) is 1. The minimum atomic E-state index is -3.74. The molecule has 0 aromatic heterocycles. The molecule has 8 heteroatoms. The zero-order valence-electron chi connectivity index (χ0n) is 14.7. The van der Waals surface area contributed by atoms with Gasteiger partial charge in [-0.2, -0.15) is 0 Å². The molecule has 1 unspecified atom stereocenters. The second kappa shape index (κ2) is 8.68. The Morgan fingerprint density at radius 3 is 2.27 bits per heavy atom. The lowest BCUT2D eigenvalue weighted by molar-refractivity contribution is 0.0952. The molecule has 0 saturated carbocycles. The largest absolute Gasteiger partial charge is 0.497 e. The first-order valence-electron chi connectivity index (χ1n) is 8.12. The lowest BCUT2D eigenvalue weighted by atomic mass is 10.2. The number of nitrogens with one attached hydrogen (secondary N) is 2. The Balaban J connectivity index is 2.04. The summed E-state index contributed by atoms with van der Waals surface area (Å²) in [5, 5.41) is 2.74. The van der Waals surface area contributed by atoms with Gasteiger partial charge in [0, 0.05) is 23.8 Å². The van der Waals surface area contributed by atoms with E-state index in [9.17, 15) is 13.2 Å². The van der Waals surface area contributed by atoms with Crippen molar-refractivity contribution < 1.29 is 17.9 Å². The predicted octanol–water partition coefficient (Wildman–Crippen LogP) is 1.96. The fourth-order valence-corrected chi connectivity index (χ4v) is 3.23. The van der Waals surface area contributed by atoms with Gasteiger partial charge in [-0.3, -0.25) is 9.52 Å². The van der Waals surface area contributed by atoms with E-state index in [0.717, 1.165) is 0 Å². The molecule has 1 atom stereocenters. The summed E-state index contributed by atoms with van der Waals surface area (Å²) in [6.45, 7) is 2.33. The Kier molecular flexibility index (Phi) is 6.59. The van der Waals surface area contributed by atoms with Crippen molar-refractivity contribution in [2.24, 2.45) is 5.73 Å². The number of methoxy groups -OCH3 is 1. The third-order valence-corrected chi connectivity index (χ3v) is 5.05. The van der Waals surface area contributed by atoms with Gasteiger partial charge in [0.2, 0.25) is 0 Å². The van der Waals surface area contributed by atoms with Gasteiger partial charge in [0.15, 0.2) is 0 Å². The van der Waals surface area contributed by atoms with Crippen LogP contribution in [0.3, 0.4) is 0 Å². The van der Waals surface area contributed by atoms with Crippen LogP contribution in [0.4, 0.5) is 5.69 Å². The summed E-state index contributed by atoms with van der Waals surface area (Å²) < 4.78 is 32.4. The summed E-state index contributed by atoms with van der Waals surface area (Å²) in [6.07, 6.45) is 0.671. The van der Waals surface area contributed by atoms with Crippen LogP contribution in [0.1, 0.15) is 23.7 Å². The highest BCUT2D eigenvalue weighted by molar-refractivity contribution is 7.92. The third kappa shape index (κ3) is 5.47. The maximum atomic E-state index is 12.4. The Morgan fingerprint density at radius 1 is 1.12 bits per heavy atom. The van der Waals surface area contributed by atoms with Crippen LogP contribution >= 0.6 is 0 Å². The van der Waals surface area contributed by atoms with E-state index in [1.807, 2.05) is 6.92 Å². The maximum absolute atomic E-state index is 12.4. The number of nitrogens with two attached hydrogens (primary N) is 1. The molecule has 0 radical (unpaired) electrons. The van der Waals surface area contributed by atoms with Gasteiger partial charge in [0.1, 0.15) is 5.75 Å². The van der Waals surface area contributed by atoms with Crippen molar-refractivity contribution in [1.29, 1.82) is 0 Å². The minimum Gasteiger partial charge on any atom is -0.497 e. The fourth-order valence-electron chi connectivity index (χ4n) is 2.17. The lowest BCUT2D eigenvalue weighted by Gasteiger charge is -2.10. The van der Waals surface area contributed by atoms with Crippen LogP contribution < -0.4 is 20.5 Å². The Labute approximate surface area is 153 Å². The highest BCUT2D eigenvalue weighted by atomic mass is 32.2. The standard InChI is InChI=1S/C18H23N3O4S/c1-13(19)11-12-20-18(22)14-3-9-17(10-4-14)26(23,24)21-15-5-7-16(25-2)8-6-15/h3-10,13,21H,11-12,19H2,1-2H3,(H,20,22). The van der Waals surface area contributed by atoms with Gasteiger partial charge in [-0.1, -0.05) is 0 Å².